The van der Waals surface area contributed by atoms with Gasteiger partial charge in [-0.1, -0.05) is 23.2 Å². The summed E-state index contributed by atoms with van der Waals surface area (Å²) < 4.78 is 0. The summed E-state index contributed by atoms with van der Waals surface area (Å²) in [4.78, 5) is 19.5. The van der Waals surface area contributed by atoms with Crippen molar-refractivity contribution in [3.05, 3.63) is 52.0 Å². The maximum Gasteiger partial charge on any atom is 0.354 e. The van der Waals surface area contributed by atoms with Crippen LogP contribution in [0, 0.1) is 0 Å². The second kappa shape index (κ2) is 6.23. The molecule has 0 aliphatic rings. The molecular formula is C12H8Cl2N2O2S. The van der Waals surface area contributed by atoms with Crippen molar-refractivity contribution in [1.29, 1.82) is 0 Å². The normalized spacial score (nSPS) is 10.4. The lowest BCUT2D eigenvalue weighted by molar-refractivity contribution is 0.0690. The topological polar surface area (TPSA) is 63.1 Å². The summed E-state index contributed by atoms with van der Waals surface area (Å²) >= 11 is 13.2. The summed E-state index contributed by atoms with van der Waals surface area (Å²) in [5, 5.41) is 9.76. The largest absolute Gasteiger partial charge is 0.477 e. The van der Waals surface area contributed by atoms with E-state index >= 15 is 0 Å². The van der Waals surface area contributed by atoms with Crippen LogP contribution in [0.4, 0.5) is 0 Å². The first-order valence-corrected chi connectivity index (χ1v) is 6.93. The predicted octanol–water partition coefficient (Wildman–Crippen LogP) is 3.77. The molecular weight excluding hydrogens is 307 g/mol. The summed E-state index contributed by atoms with van der Waals surface area (Å²) in [7, 11) is 0. The van der Waals surface area contributed by atoms with Gasteiger partial charge >= 0.3 is 5.97 Å². The predicted molar refractivity (Wildman–Crippen MR) is 75.0 cm³/mol. The molecule has 0 unspecified atom stereocenters. The van der Waals surface area contributed by atoms with Gasteiger partial charge in [0, 0.05) is 16.8 Å². The van der Waals surface area contributed by atoms with Crippen molar-refractivity contribution in [2.75, 3.05) is 0 Å². The van der Waals surface area contributed by atoms with E-state index in [1.807, 2.05) is 0 Å². The Morgan fingerprint density at radius 1 is 1.32 bits per heavy atom. The van der Waals surface area contributed by atoms with Gasteiger partial charge in [0.2, 0.25) is 0 Å². The van der Waals surface area contributed by atoms with Gasteiger partial charge in [-0.15, -0.1) is 11.8 Å². The fraction of sp³-hybridized carbons (Fsp3) is 0.0833. The Hall–Kier alpha value is -1.30. The molecule has 0 spiro atoms. The van der Waals surface area contributed by atoms with Crippen molar-refractivity contribution in [3.63, 3.8) is 0 Å². The van der Waals surface area contributed by atoms with Crippen LogP contribution in [0.2, 0.25) is 10.2 Å². The summed E-state index contributed by atoms with van der Waals surface area (Å²) in [5.74, 6) is -0.552. The fourth-order valence-electron chi connectivity index (χ4n) is 1.33. The van der Waals surface area contributed by atoms with E-state index in [-0.39, 0.29) is 5.69 Å². The van der Waals surface area contributed by atoms with Crippen LogP contribution in [0.15, 0.2) is 35.4 Å². The minimum Gasteiger partial charge on any atom is -0.477 e. The second-order valence-corrected chi connectivity index (χ2v) is 5.38. The van der Waals surface area contributed by atoms with Crippen LogP contribution in [0.25, 0.3) is 0 Å². The zero-order chi connectivity index (χ0) is 13.8. The molecule has 2 aromatic rings. The number of nitrogens with zero attached hydrogens (tertiary/aromatic N) is 2. The smallest absolute Gasteiger partial charge is 0.354 e. The van der Waals surface area contributed by atoms with E-state index in [4.69, 9.17) is 28.3 Å². The minimum atomic E-state index is -1.05. The SMILES string of the molecule is O=C(O)c1cc(SCc2nc(Cl)ccc2Cl)ccn1. The molecule has 0 aliphatic heterocycles. The van der Waals surface area contributed by atoms with Gasteiger partial charge in [-0.2, -0.15) is 0 Å². The number of halogens is 2. The van der Waals surface area contributed by atoms with Crippen LogP contribution in [0.5, 0.6) is 0 Å². The third-order valence-corrected chi connectivity index (χ3v) is 3.77. The number of rotatable bonds is 4. The molecule has 19 heavy (non-hydrogen) atoms. The summed E-state index contributed by atoms with van der Waals surface area (Å²) in [6.07, 6.45) is 1.46. The number of carboxylic acids is 1. The zero-order valence-corrected chi connectivity index (χ0v) is 11.8. The van der Waals surface area contributed by atoms with Crippen molar-refractivity contribution < 1.29 is 9.90 Å². The van der Waals surface area contributed by atoms with Crippen molar-refractivity contribution in [1.82, 2.24) is 9.97 Å². The molecule has 98 valence electrons. The van der Waals surface area contributed by atoms with Crippen molar-refractivity contribution in [2.45, 2.75) is 10.6 Å². The van der Waals surface area contributed by atoms with Crippen molar-refractivity contribution in [2.24, 2.45) is 0 Å². The van der Waals surface area contributed by atoms with Crippen LogP contribution in [0.1, 0.15) is 16.2 Å². The summed E-state index contributed by atoms with van der Waals surface area (Å²) in [6.45, 7) is 0. The number of carbonyl (C=O) groups is 1. The van der Waals surface area contributed by atoms with Gasteiger partial charge in [-0.25, -0.2) is 14.8 Å². The molecule has 7 heteroatoms. The Bertz CT molecular complexity index is 622. The van der Waals surface area contributed by atoms with Gasteiger partial charge in [0.05, 0.1) is 10.7 Å². The second-order valence-electron chi connectivity index (χ2n) is 3.53. The highest BCUT2D eigenvalue weighted by atomic mass is 35.5. The highest BCUT2D eigenvalue weighted by molar-refractivity contribution is 7.98. The van der Waals surface area contributed by atoms with E-state index < -0.39 is 5.97 Å². The lowest BCUT2D eigenvalue weighted by Gasteiger charge is -2.04. The van der Waals surface area contributed by atoms with Gasteiger partial charge in [-0.3, -0.25) is 0 Å². The van der Waals surface area contributed by atoms with E-state index in [0.29, 0.717) is 21.6 Å². The molecule has 0 aromatic carbocycles. The Labute approximate surface area is 123 Å². The zero-order valence-electron chi connectivity index (χ0n) is 9.51. The fourth-order valence-corrected chi connectivity index (χ4v) is 2.62. The van der Waals surface area contributed by atoms with E-state index in [1.54, 1.807) is 18.2 Å². The van der Waals surface area contributed by atoms with Gasteiger partial charge in [-0.05, 0) is 24.3 Å². The van der Waals surface area contributed by atoms with Gasteiger partial charge in [0.25, 0.3) is 0 Å². The van der Waals surface area contributed by atoms with E-state index in [0.717, 1.165) is 4.90 Å². The van der Waals surface area contributed by atoms with Crippen LogP contribution < -0.4 is 0 Å². The third kappa shape index (κ3) is 3.83. The molecule has 2 heterocycles. The number of thioether (sulfide) groups is 1. The molecule has 0 atom stereocenters. The number of aromatic nitrogens is 2. The number of pyridine rings is 2. The molecule has 1 N–H and O–H groups in total. The first-order valence-electron chi connectivity index (χ1n) is 5.19. The van der Waals surface area contributed by atoms with Gasteiger partial charge in [0.1, 0.15) is 10.8 Å². The molecule has 0 saturated carbocycles. The summed E-state index contributed by atoms with van der Waals surface area (Å²) in [5.41, 5.74) is 0.669. The maximum atomic E-state index is 10.8. The molecule has 4 nitrogen and oxygen atoms in total. The Morgan fingerprint density at radius 3 is 2.84 bits per heavy atom. The van der Waals surface area contributed by atoms with Gasteiger partial charge < -0.3 is 5.11 Å². The number of hydrogen-bond acceptors (Lipinski definition) is 4. The Balaban J connectivity index is 2.12. The first kappa shape index (κ1) is 14.1. The average Bonchev–Trinajstić information content (AvgIpc) is 2.40. The molecule has 0 saturated heterocycles. The first-order chi connectivity index (χ1) is 9.06. The Morgan fingerprint density at radius 2 is 2.11 bits per heavy atom. The number of hydrogen-bond donors (Lipinski definition) is 1. The van der Waals surface area contributed by atoms with Crippen molar-refractivity contribution in [3.8, 4) is 0 Å². The standard InChI is InChI=1S/C12H8Cl2N2O2S/c13-8-1-2-11(14)16-10(8)6-19-7-3-4-15-9(5-7)12(17)18/h1-5H,6H2,(H,17,18). The highest BCUT2D eigenvalue weighted by Gasteiger charge is 2.07. The molecule has 0 aliphatic carbocycles. The molecule has 0 radical (unpaired) electrons. The summed E-state index contributed by atoms with van der Waals surface area (Å²) in [6, 6.07) is 6.54. The van der Waals surface area contributed by atoms with E-state index in [2.05, 4.69) is 9.97 Å². The number of aromatic carboxylic acids is 1. The Kier molecular flexibility index (Phi) is 4.63. The monoisotopic (exact) mass is 314 g/mol. The van der Waals surface area contributed by atoms with Crippen LogP contribution in [-0.2, 0) is 5.75 Å². The minimum absolute atomic E-state index is 0.00940. The third-order valence-electron chi connectivity index (χ3n) is 2.21. The molecule has 0 bridgehead atoms. The van der Waals surface area contributed by atoms with E-state index in [9.17, 15) is 4.79 Å². The number of carboxylic acid groups (broad SMARTS) is 1. The average molecular weight is 315 g/mol. The van der Waals surface area contributed by atoms with Crippen LogP contribution in [0.3, 0.4) is 0 Å². The van der Waals surface area contributed by atoms with Crippen LogP contribution >= 0.6 is 35.0 Å². The molecule has 2 rings (SSSR count). The molecule has 0 amide bonds. The quantitative estimate of drug-likeness (QED) is 0.687. The van der Waals surface area contributed by atoms with Crippen molar-refractivity contribution >= 4 is 40.9 Å². The lowest BCUT2D eigenvalue weighted by Crippen LogP contribution is -1.99. The highest BCUT2D eigenvalue weighted by Crippen LogP contribution is 2.26. The molecule has 2 aromatic heterocycles. The van der Waals surface area contributed by atoms with Crippen LogP contribution in [-0.4, -0.2) is 21.0 Å². The lowest BCUT2D eigenvalue weighted by atomic mass is 10.3. The molecule has 0 fully saturated rings. The maximum absolute atomic E-state index is 10.8. The van der Waals surface area contributed by atoms with E-state index in [1.165, 1.54) is 24.0 Å². The van der Waals surface area contributed by atoms with Gasteiger partial charge in [0.15, 0.2) is 0 Å².